The van der Waals surface area contributed by atoms with E-state index in [0.717, 1.165) is 6.54 Å². The number of hydrogen-bond donors (Lipinski definition) is 1. The third kappa shape index (κ3) is 1.19. The molecule has 1 N–H and O–H groups in total. The Hall–Kier alpha value is 0.310. The molecule has 10 heavy (non-hydrogen) atoms. The molecule has 0 amide bonds. The second kappa shape index (κ2) is 2.74. The molecule has 1 radical (unpaired) electrons. The van der Waals surface area contributed by atoms with Gasteiger partial charge >= 0.3 is 0 Å². The highest BCUT2D eigenvalue weighted by atomic mass is 32.2. The van der Waals surface area contributed by atoms with Crippen molar-refractivity contribution in [2.45, 2.75) is 37.0 Å². The van der Waals surface area contributed by atoms with Gasteiger partial charge in [0, 0.05) is 12.3 Å². The minimum atomic E-state index is 0.484. The summed E-state index contributed by atoms with van der Waals surface area (Å²) >= 11 is 2.03. The fraction of sp³-hybridized carbons (Fsp3) is 0.875. The molecule has 2 fully saturated rings. The fourth-order valence-electron chi connectivity index (χ4n) is 1.89. The van der Waals surface area contributed by atoms with Gasteiger partial charge in [-0.05, 0) is 12.8 Å². The van der Waals surface area contributed by atoms with Gasteiger partial charge in [0.15, 0.2) is 0 Å². The SMILES string of the molecule is [CH]1CNC2(CCCCC2)S1. The second-order valence-electron chi connectivity index (χ2n) is 3.22. The van der Waals surface area contributed by atoms with Gasteiger partial charge in [-0.25, -0.2) is 0 Å². The van der Waals surface area contributed by atoms with Gasteiger partial charge in [-0.3, -0.25) is 0 Å². The van der Waals surface area contributed by atoms with Crippen molar-refractivity contribution in [3.63, 3.8) is 0 Å². The monoisotopic (exact) mass is 156 g/mol. The molecule has 1 nitrogen and oxygen atoms in total. The van der Waals surface area contributed by atoms with E-state index >= 15 is 0 Å². The Morgan fingerprint density at radius 1 is 1.20 bits per heavy atom. The van der Waals surface area contributed by atoms with Crippen molar-refractivity contribution in [2.75, 3.05) is 6.54 Å². The molecule has 2 rings (SSSR count). The highest BCUT2D eigenvalue weighted by molar-refractivity contribution is 8.02. The van der Waals surface area contributed by atoms with Crippen LogP contribution in [0, 0.1) is 5.75 Å². The predicted octanol–water partition coefficient (Wildman–Crippen LogP) is 2.14. The minimum Gasteiger partial charge on any atom is -0.302 e. The average Bonchev–Trinajstić information content (AvgIpc) is 2.39. The Morgan fingerprint density at radius 3 is 2.60 bits per heavy atom. The van der Waals surface area contributed by atoms with E-state index in [1.807, 2.05) is 11.8 Å². The predicted molar refractivity (Wildman–Crippen MR) is 45.7 cm³/mol. The molecule has 0 aromatic carbocycles. The lowest BCUT2D eigenvalue weighted by Gasteiger charge is -2.32. The molecule has 0 aromatic heterocycles. The molecule has 2 heteroatoms. The van der Waals surface area contributed by atoms with Crippen molar-refractivity contribution in [1.82, 2.24) is 5.32 Å². The highest BCUT2D eigenvalue weighted by Gasteiger charge is 2.35. The van der Waals surface area contributed by atoms with Crippen LogP contribution in [-0.4, -0.2) is 11.4 Å². The summed E-state index contributed by atoms with van der Waals surface area (Å²) in [5, 5.41) is 3.58. The van der Waals surface area contributed by atoms with E-state index in [9.17, 15) is 0 Å². The lowest BCUT2D eigenvalue weighted by Crippen LogP contribution is -2.38. The molecule has 1 saturated heterocycles. The van der Waals surface area contributed by atoms with Gasteiger partial charge < -0.3 is 5.32 Å². The number of hydrogen-bond acceptors (Lipinski definition) is 2. The molecule has 1 aliphatic heterocycles. The third-order valence-electron chi connectivity index (χ3n) is 2.48. The van der Waals surface area contributed by atoms with Crippen LogP contribution < -0.4 is 5.32 Å². The standard InChI is InChI=1S/C8H14NS/c1-2-4-8(5-3-1)9-6-7-10-8/h7,9H,1-6H2. The molecule has 1 heterocycles. The fourth-order valence-corrected chi connectivity index (χ4v) is 3.06. The lowest BCUT2D eigenvalue weighted by molar-refractivity contribution is 0.357. The quantitative estimate of drug-likeness (QED) is 0.576. The second-order valence-corrected chi connectivity index (χ2v) is 4.57. The molecule has 57 valence electrons. The Balaban J connectivity index is 1.98. The molecule has 0 bridgehead atoms. The van der Waals surface area contributed by atoms with E-state index < -0.39 is 0 Å². The summed E-state index contributed by atoms with van der Waals surface area (Å²) in [7, 11) is 0. The van der Waals surface area contributed by atoms with E-state index in [-0.39, 0.29) is 0 Å². The maximum absolute atomic E-state index is 3.58. The largest absolute Gasteiger partial charge is 0.302 e. The Kier molecular flexibility index (Phi) is 1.92. The van der Waals surface area contributed by atoms with Gasteiger partial charge in [-0.15, -0.1) is 11.8 Å². The van der Waals surface area contributed by atoms with Gasteiger partial charge in [0.1, 0.15) is 0 Å². The molecular formula is C8H14NS. The summed E-state index contributed by atoms with van der Waals surface area (Å²) in [5.41, 5.74) is 0. The van der Waals surface area contributed by atoms with Crippen molar-refractivity contribution >= 4 is 11.8 Å². The van der Waals surface area contributed by atoms with E-state index in [2.05, 4.69) is 11.1 Å². The smallest absolute Gasteiger partial charge is 0.0649 e. The van der Waals surface area contributed by atoms with Gasteiger partial charge in [0.05, 0.1) is 4.87 Å². The van der Waals surface area contributed by atoms with Crippen LogP contribution in [0.15, 0.2) is 0 Å². The molecule has 1 saturated carbocycles. The van der Waals surface area contributed by atoms with Crippen LogP contribution in [0.2, 0.25) is 0 Å². The van der Waals surface area contributed by atoms with Crippen LogP contribution in [-0.2, 0) is 0 Å². The average molecular weight is 156 g/mol. The van der Waals surface area contributed by atoms with Crippen molar-refractivity contribution < 1.29 is 0 Å². The van der Waals surface area contributed by atoms with Crippen LogP contribution in [0.1, 0.15) is 32.1 Å². The first-order chi connectivity index (χ1) is 4.91. The van der Waals surface area contributed by atoms with E-state index in [0.29, 0.717) is 4.87 Å². The topological polar surface area (TPSA) is 12.0 Å². The number of thioether (sulfide) groups is 1. The molecule has 0 unspecified atom stereocenters. The van der Waals surface area contributed by atoms with Crippen LogP contribution in [0.25, 0.3) is 0 Å². The Morgan fingerprint density at radius 2 is 2.00 bits per heavy atom. The molecule has 1 spiro atoms. The zero-order chi connectivity index (χ0) is 6.86. The van der Waals surface area contributed by atoms with Crippen molar-refractivity contribution in [2.24, 2.45) is 0 Å². The van der Waals surface area contributed by atoms with Crippen LogP contribution in [0.3, 0.4) is 0 Å². The van der Waals surface area contributed by atoms with Crippen LogP contribution in [0.4, 0.5) is 0 Å². The first-order valence-corrected chi connectivity index (χ1v) is 5.04. The first-order valence-electron chi connectivity index (χ1n) is 4.16. The summed E-state index contributed by atoms with van der Waals surface area (Å²) in [6.07, 6.45) is 7.06. The van der Waals surface area contributed by atoms with E-state index in [1.54, 1.807) is 0 Å². The van der Waals surface area contributed by atoms with Crippen LogP contribution in [0.5, 0.6) is 0 Å². The zero-order valence-corrected chi connectivity index (χ0v) is 7.04. The Bertz CT molecular complexity index is 110. The van der Waals surface area contributed by atoms with Gasteiger partial charge in [-0.1, -0.05) is 19.3 Å². The zero-order valence-electron chi connectivity index (χ0n) is 6.23. The summed E-state index contributed by atoms with van der Waals surface area (Å²) in [6, 6.07) is 0. The molecule has 0 aromatic rings. The lowest BCUT2D eigenvalue weighted by atomic mass is 9.95. The highest BCUT2D eigenvalue weighted by Crippen LogP contribution is 2.41. The summed E-state index contributed by atoms with van der Waals surface area (Å²) in [6.45, 7) is 1.12. The summed E-state index contributed by atoms with van der Waals surface area (Å²) in [4.78, 5) is 0.484. The number of rotatable bonds is 0. The normalized spacial score (nSPS) is 31.2. The van der Waals surface area contributed by atoms with E-state index in [1.165, 1.54) is 32.1 Å². The molecule has 1 aliphatic carbocycles. The number of nitrogens with one attached hydrogen (secondary N) is 1. The molecular weight excluding hydrogens is 142 g/mol. The minimum absolute atomic E-state index is 0.484. The Labute approximate surface area is 67.0 Å². The van der Waals surface area contributed by atoms with Crippen molar-refractivity contribution in [3.8, 4) is 0 Å². The summed E-state index contributed by atoms with van der Waals surface area (Å²) < 4.78 is 0. The van der Waals surface area contributed by atoms with Crippen molar-refractivity contribution in [1.29, 1.82) is 0 Å². The molecule has 0 atom stereocenters. The maximum atomic E-state index is 3.58. The van der Waals surface area contributed by atoms with E-state index in [4.69, 9.17) is 0 Å². The van der Waals surface area contributed by atoms with Gasteiger partial charge in [0.25, 0.3) is 0 Å². The third-order valence-corrected chi connectivity index (χ3v) is 3.81. The van der Waals surface area contributed by atoms with Crippen LogP contribution >= 0.6 is 11.8 Å². The van der Waals surface area contributed by atoms with Crippen molar-refractivity contribution in [3.05, 3.63) is 5.75 Å². The maximum Gasteiger partial charge on any atom is 0.0649 e. The molecule has 2 aliphatic rings. The first kappa shape index (κ1) is 6.99. The van der Waals surface area contributed by atoms with Gasteiger partial charge in [-0.2, -0.15) is 0 Å². The van der Waals surface area contributed by atoms with Gasteiger partial charge in [0.2, 0.25) is 0 Å². The summed E-state index contributed by atoms with van der Waals surface area (Å²) in [5.74, 6) is 2.31.